The lowest BCUT2D eigenvalue weighted by molar-refractivity contribution is 0.669. The summed E-state index contributed by atoms with van der Waals surface area (Å²) in [6.45, 7) is 0. The molecule has 6 nitrogen and oxygen atoms in total. The lowest BCUT2D eigenvalue weighted by Crippen LogP contribution is -2.10. The molecule has 0 aliphatic carbocycles. The molecule has 4 heterocycles. The van der Waals surface area contributed by atoms with E-state index in [1.807, 2.05) is 12.1 Å². The van der Waals surface area contributed by atoms with Gasteiger partial charge in [0.1, 0.15) is 22.3 Å². The fourth-order valence-electron chi connectivity index (χ4n) is 22.7. The van der Waals surface area contributed by atoms with Gasteiger partial charge in [-0.3, -0.25) is 0 Å². The molecule has 0 bridgehead atoms. The number of hydrogen-bond donors (Lipinski definition) is 0. The van der Waals surface area contributed by atoms with E-state index in [2.05, 4.69) is 565 Å². The standard InChI is InChI=1S/C142H92N4O2/c1-4-25-93(26-5-1)96-47-49-97(50-48-96)100-59-73-111(74-60-100)143(115-81-67-104(68-82-115)119-85-71-108(94-27-6-2-7-28-94)91-137(119)145-133-41-18-12-33-124(133)125-34-13-19-42-134(125)145)112-75-63-102(64-76-112)99-53-57-107(58-54-99)131-89-110(90-132-129-38-17-23-46-140(129)148-142(131)132)118-88-87-117(122-31-10-11-32-123(118)122)103-65-79-114(80-66-103)144(113-77-61-101(62-78-113)98-51-55-106(56-52-98)121-39-24-40-130-128-37-16-22-45-139(128)147-141(121)130)116-83-69-105(70-84-116)120-86-72-109(95-29-8-3-9-30-95)92-138(120)146-135-43-20-14-35-126(135)127-36-15-21-44-136(127)146/h1-92H. The molecule has 148 heavy (non-hydrogen) atoms. The largest absolute Gasteiger partial charge is 0.455 e. The molecule has 0 N–H and O–H groups in total. The van der Waals surface area contributed by atoms with Crippen molar-refractivity contribution in [3.8, 4) is 145 Å². The molecule has 0 amide bonds. The highest BCUT2D eigenvalue weighted by Gasteiger charge is 2.26. The second kappa shape index (κ2) is 36.4. The van der Waals surface area contributed by atoms with E-state index in [1.54, 1.807) is 0 Å². The van der Waals surface area contributed by atoms with Crippen molar-refractivity contribution in [2.45, 2.75) is 0 Å². The molecule has 0 fully saturated rings. The van der Waals surface area contributed by atoms with Crippen molar-refractivity contribution in [2.24, 2.45) is 0 Å². The summed E-state index contributed by atoms with van der Waals surface area (Å²) in [7, 11) is 0. The molecular formula is C142H92N4O2. The Labute approximate surface area is 857 Å². The van der Waals surface area contributed by atoms with Gasteiger partial charge in [-0.25, -0.2) is 0 Å². The number of aromatic nitrogens is 2. The van der Waals surface area contributed by atoms with Gasteiger partial charge in [-0.1, -0.05) is 425 Å². The van der Waals surface area contributed by atoms with Crippen molar-refractivity contribution in [1.82, 2.24) is 9.13 Å². The van der Waals surface area contributed by atoms with E-state index < -0.39 is 0 Å². The molecule has 0 spiro atoms. The van der Waals surface area contributed by atoms with Gasteiger partial charge < -0.3 is 27.8 Å². The predicted octanol–water partition coefficient (Wildman–Crippen LogP) is 39.8. The zero-order valence-electron chi connectivity index (χ0n) is 80.7. The van der Waals surface area contributed by atoms with Crippen LogP contribution in [-0.2, 0) is 0 Å². The van der Waals surface area contributed by atoms with Crippen LogP contribution in [0.3, 0.4) is 0 Å². The first-order valence-corrected chi connectivity index (χ1v) is 50.7. The van der Waals surface area contributed by atoms with Crippen LogP contribution in [0.15, 0.2) is 567 Å². The first-order valence-electron chi connectivity index (χ1n) is 50.7. The molecular weight excluding hydrogens is 1790 g/mol. The average molecular weight is 1890 g/mol. The minimum Gasteiger partial charge on any atom is -0.455 e. The minimum atomic E-state index is 0.850. The lowest BCUT2D eigenvalue weighted by Gasteiger charge is -2.26. The Hall–Kier alpha value is -19.7. The highest BCUT2D eigenvalue weighted by atomic mass is 16.3. The van der Waals surface area contributed by atoms with Gasteiger partial charge in [0, 0.05) is 99.5 Å². The molecule has 28 aromatic rings. The van der Waals surface area contributed by atoms with Gasteiger partial charge in [-0.2, -0.15) is 0 Å². The zero-order chi connectivity index (χ0) is 97.6. The van der Waals surface area contributed by atoms with Gasteiger partial charge in [0.25, 0.3) is 0 Å². The summed E-state index contributed by atoms with van der Waals surface area (Å²) < 4.78 is 18.4. The Kier molecular flexibility index (Phi) is 21.2. The van der Waals surface area contributed by atoms with Crippen LogP contribution in [0.4, 0.5) is 34.1 Å². The van der Waals surface area contributed by atoms with Crippen molar-refractivity contribution in [3.63, 3.8) is 0 Å². The third-order valence-corrected chi connectivity index (χ3v) is 30.0. The van der Waals surface area contributed by atoms with Gasteiger partial charge >= 0.3 is 0 Å². The van der Waals surface area contributed by atoms with E-state index in [-0.39, 0.29) is 0 Å². The van der Waals surface area contributed by atoms with Gasteiger partial charge in [0.2, 0.25) is 0 Å². The maximum atomic E-state index is 6.97. The maximum Gasteiger partial charge on any atom is 0.143 e. The van der Waals surface area contributed by atoms with E-state index in [9.17, 15) is 0 Å². The highest BCUT2D eigenvalue weighted by Crippen LogP contribution is 2.50. The molecule has 0 unspecified atom stereocenters. The number of fused-ring (bicyclic) bond motifs is 13. The third kappa shape index (κ3) is 15.3. The van der Waals surface area contributed by atoms with E-state index in [1.165, 1.54) is 54.8 Å². The predicted molar refractivity (Wildman–Crippen MR) is 622 cm³/mol. The molecule has 0 saturated heterocycles. The molecule has 692 valence electrons. The summed E-state index contributed by atoms with van der Waals surface area (Å²) in [6.07, 6.45) is 0. The lowest BCUT2D eigenvalue weighted by atomic mass is 9.89. The highest BCUT2D eigenvalue weighted by molar-refractivity contribution is 6.16. The number of nitrogens with zero attached hydrogens (tertiary/aromatic N) is 4. The molecule has 0 atom stereocenters. The number of anilines is 6. The molecule has 24 aromatic carbocycles. The van der Waals surface area contributed by atoms with Crippen molar-refractivity contribution in [2.75, 3.05) is 9.80 Å². The van der Waals surface area contributed by atoms with E-state index >= 15 is 0 Å². The van der Waals surface area contributed by atoms with Crippen LogP contribution in [0.2, 0.25) is 0 Å². The van der Waals surface area contributed by atoms with Crippen LogP contribution < -0.4 is 9.80 Å². The first-order chi connectivity index (χ1) is 73.4. The van der Waals surface area contributed by atoms with Gasteiger partial charge in [-0.15, -0.1) is 0 Å². The molecule has 4 aromatic heterocycles. The quantitative estimate of drug-likeness (QED) is 0.0763. The average Bonchev–Trinajstić information content (AvgIpc) is 1.58. The van der Waals surface area contributed by atoms with E-state index in [0.29, 0.717) is 0 Å². The number of hydrogen-bond acceptors (Lipinski definition) is 4. The van der Waals surface area contributed by atoms with Crippen LogP contribution in [-0.4, -0.2) is 9.13 Å². The molecule has 28 rings (SSSR count). The van der Waals surface area contributed by atoms with E-state index in [4.69, 9.17) is 8.83 Å². The molecule has 6 heteroatoms. The number of rotatable bonds is 20. The Bertz CT molecular complexity index is 9840. The third-order valence-electron chi connectivity index (χ3n) is 30.0. The Morgan fingerprint density at radius 1 is 0.128 bits per heavy atom. The van der Waals surface area contributed by atoms with Gasteiger partial charge in [0.05, 0.1) is 33.4 Å². The van der Waals surface area contributed by atoms with Crippen molar-refractivity contribution in [3.05, 3.63) is 558 Å². The molecule has 0 aliphatic rings. The monoisotopic (exact) mass is 1880 g/mol. The zero-order valence-corrected chi connectivity index (χ0v) is 80.7. The second-order valence-electron chi connectivity index (χ2n) is 38.5. The summed E-state index contributed by atoms with van der Waals surface area (Å²) in [5.41, 5.74) is 43.7. The number of para-hydroxylation sites is 7. The SMILES string of the molecule is c1ccc(-c2ccc(-c3ccc(N(c4ccc(-c5ccc(-c6cc(-c7ccc(-c8ccc(N(c9ccc(-c%10ccc(-c%11cccc%12c%11oc%11ccccc%11%12)cc%10)cc9)c9ccc(-c%10ccc(-c%11ccccc%11)cc%10-n%10c%11ccccc%11c%11ccccc%11%10)cc9)cc8)c8ccccc78)cc7c6oc6ccccc67)cc5)cc4)c4ccc(-c5ccc(-c6ccccc6)cc5-n5c6ccccc6c6ccccc65)cc4)cc3)cc2)cc1. The fraction of sp³-hybridized carbons (Fsp3) is 0. The first kappa shape index (κ1) is 86.2. The summed E-state index contributed by atoms with van der Waals surface area (Å²) in [6, 6.07) is 204. The van der Waals surface area contributed by atoms with E-state index in [0.717, 1.165) is 222 Å². The Balaban J connectivity index is 0.502. The summed E-state index contributed by atoms with van der Waals surface area (Å²) >= 11 is 0. The summed E-state index contributed by atoms with van der Waals surface area (Å²) in [5.74, 6) is 0. The Morgan fingerprint density at radius 3 is 0.730 bits per heavy atom. The van der Waals surface area contributed by atoms with Crippen LogP contribution in [0.5, 0.6) is 0 Å². The summed E-state index contributed by atoms with van der Waals surface area (Å²) in [5, 5.41) is 11.6. The van der Waals surface area contributed by atoms with Crippen LogP contribution in [0.25, 0.3) is 243 Å². The van der Waals surface area contributed by atoms with Crippen LogP contribution in [0.1, 0.15) is 0 Å². The van der Waals surface area contributed by atoms with Crippen LogP contribution >= 0.6 is 0 Å². The van der Waals surface area contributed by atoms with Crippen molar-refractivity contribution in [1.29, 1.82) is 0 Å². The minimum absolute atomic E-state index is 0.850. The Morgan fingerprint density at radius 2 is 0.365 bits per heavy atom. The van der Waals surface area contributed by atoms with Gasteiger partial charge in [0.15, 0.2) is 0 Å². The second-order valence-corrected chi connectivity index (χ2v) is 38.5. The number of benzene rings is 24. The molecule has 0 aliphatic heterocycles. The fourth-order valence-corrected chi connectivity index (χ4v) is 22.7. The maximum absolute atomic E-state index is 6.97. The number of furan rings is 2. The van der Waals surface area contributed by atoms with Gasteiger partial charge in [-0.05, 0) is 256 Å². The van der Waals surface area contributed by atoms with Crippen molar-refractivity contribution < 1.29 is 8.83 Å². The normalized spacial score (nSPS) is 11.6. The molecule has 0 saturated carbocycles. The smallest absolute Gasteiger partial charge is 0.143 e. The topological polar surface area (TPSA) is 42.6 Å². The molecule has 0 radical (unpaired) electrons. The van der Waals surface area contributed by atoms with Crippen molar-refractivity contribution >= 4 is 132 Å². The summed E-state index contributed by atoms with van der Waals surface area (Å²) in [4.78, 5) is 4.77. The van der Waals surface area contributed by atoms with Crippen LogP contribution in [0, 0.1) is 0 Å².